The van der Waals surface area contributed by atoms with Gasteiger partial charge < -0.3 is 24.4 Å². The predicted octanol–water partition coefficient (Wildman–Crippen LogP) is 3.72. The number of ether oxygens (including phenoxy) is 3. The van der Waals surface area contributed by atoms with Crippen LogP contribution in [-0.4, -0.2) is 56.3 Å². The maximum absolute atomic E-state index is 5.95. The van der Waals surface area contributed by atoms with Gasteiger partial charge in [-0.1, -0.05) is 0 Å². The summed E-state index contributed by atoms with van der Waals surface area (Å²) in [5.41, 5.74) is 1.00. The largest absolute Gasteiger partial charge is 0.497 e. The average molecular weight is 421 g/mol. The molecule has 29 heavy (non-hydrogen) atoms. The van der Waals surface area contributed by atoms with Gasteiger partial charge in [0.2, 0.25) is 0 Å². The number of hydrogen-bond acceptors (Lipinski definition) is 6. The summed E-state index contributed by atoms with van der Waals surface area (Å²) in [6, 6.07) is 7.57. The first-order valence-corrected chi connectivity index (χ1v) is 10.6. The summed E-state index contributed by atoms with van der Waals surface area (Å²) in [6.07, 6.45) is -0.0456. The molecule has 0 saturated heterocycles. The summed E-state index contributed by atoms with van der Waals surface area (Å²) in [7, 11) is 5.36. The summed E-state index contributed by atoms with van der Waals surface area (Å²) in [6.45, 7) is 8.08. The molecule has 1 N–H and O–H groups in total. The Hall–Kier alpha value is -2.32. The number of aliphatic imine (C=N–C) groups is 1. The van der Waals surface area contributed by atoms with Gasteiger partial charge in [-0.2, -0.15) is 0 Å². The Morgan fingerprint density at radius 1 is 1.21 bits per heavy atom. The third kappa shape index (κ3) is 7.21. The molecule has 0 aliphatic heterocycles. The predicted molar refractivity (Wildman–Crippen MR) is 118 cm³/mol. The summed E-state index contributed by atoms with van der Waals surface area (Å²) < 4.78 is 16.5. The van der Waals surface area contributed by atoms with Crippen LogP contribution in [0, 0.1) is 0 Å². The second-order valence-corrected chi connectivity index (χ2v) is 7.60. The second-order valence-electron chi connectivity index (χ2n) is 6.71. The van der Waals surface area contributed by atoms with Crippen LogP contribution < -0.4 is 14.8 Å². The van der Waals surface area contributed by atoms with Crippen LogP contribution in [0.3, 0.4) is 0 Å². The van der Waals surface area contributed by atoms with Gasteiger partial charge in [-0.25, -0.2) is 9.98 Å². The van der Waals surface area contributed by atoms with Crippen molar-refractivity contribution in [1.29, 1.82) is 0 Å². The molecule has 0 bridgehead atoms. The highest BCUT2D eigenvalue weighted by Gasteiger charge is 2.13. The topological polar surface area (TPSA) is 68.2 Å². The number of guanidine groups is 1. The SMILES string of the molecule is CCNC(=NCC(C)Oc1ccc(OC)cc1)N(C)Cc1csc(C(C)OC)n1. The van der Waals surface area contributed by atoms with E-state index in [0.29, 0.717) is 13.1 Å². The molecule has 0 spiro atoms. The van der Waals surface area contributed by atoms with Gasteiger partial charge in [-0.05, 0) is 45.0 Å². The molecule has 2 rings (SSSR count). The van der Waals surface area contributed by atoms with Crippen molar-refractivity contribution in [1.82, 2.24) is 15.2 Å². The van der Waals surface area contributed by atoms with Crippen molar-refractivity contribution in [2.75, 3.05) is 34.4 Å². The number of nitrogens with zero attached hydrogens (tertiary/aromatic N) is 3. The molecule has 0 aliphatic carbocycles. The number of methoxy groups -OCH3 is 2. The van der Waals surface area contributed by atoms with Crippen LogP contribution in [0.15, 0.2) is 34.6 Å². The highest BCUT2D eigenvalue weighted by molar-refractivity contribution is 7.09. The van der Waals surface area contributed by atoms with Gasteiger partial charge in [-0.3, -0.25) is 0 Å². The van der Waals surface area contributed by atoms with E-state index in [9.17, 15) is 0 Å². The molecule has 7 nitrogen and oxygen atoms in total. The summed E-state index contributed by atoms with van der Waals surface area (Å²) >= 11 is 1.62. The first-order valence-electron chi connectivity index (χ1n) is 9.74. The molecule has 1 aromatic carbocycles. The smallest absolute Gasteiger partial charge is 0.194 e. The van der Waals surface area contributed by atoms with Crippen LogP contribution in [0.25, 0.3) is 0 Å². The van der Waals surface area contributed by atoms with Gasteiger partial charge in [0.05, 0.1) is 25.9 Å². The number of aromatic nitrogens is 1. The van der Waals surface area contributed by atoms with Crippen LogP contribution in [0.2, 0.25) is 0 Å². The van der Waals surface area contributed by atoms with Gasteiger partial charge in [0.25, 0.3) is 0 Å². The number of rotatable bonds is 10. The lowest BCUT2D eigenvalue weighted by Gasteiger charge is -2.22. The maximum atomic E-state index is 5.95. The molecular formula is C21H32N4O3S. The molecule has 0 fully saturated rings. The van der Waals surface area contributed by atoms with Crippen LogP contribution in [-0.2, 0) is 11.3 Å². The van der Waals surface area contributed by atoms with E-state index >= 15 is 0 Å². The van der Waals surface area contributed by atoms with Gasteiger partial charge in [0.1, 0.15) is 28.7 Å². The van der Waals surface area contributed by atoms with Gasteiger partial charge >= 0.3 is 0 Å². The Bertz CT molecular complexity index is 764. The lowest BCUT2D eigenvalue weighted by Crippen LogP contribution is -2.39. The monoisotopic (exact) mass is 420 g/mol. The van der Waals surface area contributed by atoms with E-state index in [1.807, 2.05) is 45.2 Å². The highest BCUT2D eigenvalue weighted by Crippen LogP contribution is 2.21. The number of thiazole rings is 1. The lowest BCUT2D eigenvalue weighted by molar-refractivity contribution is 0.119. The zero-order valence-corrected chi connectivity index (χ0v) is 19.0. The Morgan fingerprint density at radius 2 is 1.90 bits per heavy atom. The molecule has 0 amide bonds. The third-order valence-electron chi connectivity index (χ3n) is 4.26. The van der Waals surface area contributed by atoms with Crippen LogP contribution in [0.5, 0.6) is 11.5 Å². The summed E-state index contributed by atoms with van der Waals surface area (Å²) in [5, 5.41) is 6.39. The van der Waals surface area contributed by atoms with Crippen molar-refractivity contribution in [3.05, 3.63) is 40.3 Å². The third-order valence-corrected chi connectivity index (χ3v) is 5.32. The Balaban J connectivity index is 1.95. The van der Waals surface area contributed by atoms with E-state index in [2.05, 4.69) is 27.5 Å². The van der Waals surface area contributed by atoms with Crippen molar-refractivity contribution < 1.29 is 14.2 Å². The first-order chi connectivity index (χ1) is 14.0. The van der Waals surface area contributed by atoms with E-state index in [1.165, 1.54) is 0 Å². The minimum absolute atomic E-state index is 0.0110. The van der Waals surface area contributed by atoms with E-state index in [1.54, 1.807) is 25.6 Å². The van der Waals surface area contributed by atoms with E-state index < -0.39 is 0 Å². The standard InChI is InChI=1S/C21H32N4O3S/c1-7-22-21(25(4)13-17-14-29-20(24-17)16(3)26-5)23-12-15(2)28-19-10-8-18(27-6)9-11-19/h8-11,14-16H,7,12-13H2,1-6H3,(H,22,23). The summed E-state index contributed by atoms with van der Waals surface area (Å²) in [4.78, 5) is 11.5. The average Bonchev–Trinajstić information content (AvgIpc) is 3.19. The highest BCUT2D eigenvalue weighted by atomic mass is 32.1. The summed E-state index contributed by atoms with van der Waals surface area (Å²) in [5.74, 6) is 2.44. The fourth-order valence-corrected chi connectivity index (χ4v) is 3.45. The van der Waals surface area contributed by atoms with Crippen molar-refractivity contribution >= 4 is 17.3 Å². The fraction of sp³-hybridized carbons (Fsp3) is 0.524. The lowest BCUT2D eigenvalue weighted by atomic mass is 10.3. The number of nitrogens with one attached hydrogen (secondary N) is 1. The minimum Gasteiger partial charge on any atom is -0.497 e. The fourth-order valence-electron chi connectivity index (χ4n) is 2.61. The molecule has 1 heterocycles. The van der Waals surface area contributed by atoms with Crippen LogP contribution in [0.4, 0.5) is 0 Å². The zero-order chi connectivity index (χ0) is 21.2. The molecule has 2 aromatic rings. The maximum Gasteiger partial charge on any atom is 0.194 e. The molecular weight excluding hydrogens is 388 g/mol. The van der Waals surface area contributed by atoms with E-state index in [4.69, 9.17) is 19.2 Å². The molecule has 1 aromatic heterocycles. The molecule has 8 heteroatoms. The molecule has 2 unspecified atom stereocenters. The van der Waals surface area contributed by atoms with Gasteiger partial charge in [0, 0.05) is 26.1 Å². The van der Waals surface area contributed by atoms with E-state index in [-0.39, 0.29) is 12.2 Å². The number of hydrogen-bond donors (Lipinski definition) is 1. The quantitative estimate of drug-likeness (QED) is 0.467. The van der Waals surface area contributed by atoms with Gasteiger partial charge in [0.15, 0.2) is 5.96 Å². The Kier molecular flexibility index (Phi) is 9.21. The van der Waals surface area contributed by atoms with Gasteiger partial charge in [-0.15, -0.1) is 11.3 Å². The Morgan fingerprint density at radius 3 is 2.52 bits per heavy atom. The molecule has 0 aliphatic rings. The normalized spacial score (nSPS) is 13.7. The first kappa shape index (κ1) is 23.0. The minimum atomic E-state index is -0.0566. The molecule has 2 atom stereocenters. The molecule has 0 saturated carbocycles. The number of benzene rings is 1. The molecule has 160 valence electrons. The Labute approximate surface area is 177 Å². The van der Waals surface area contributed by atoms with Crippen LogP contribution in [0.1, 0.15) is 37.6 Å². The van der Waals surface area contributed by atoms with Crippen molar-refractivity contribution in [3.63, 3.8) is 0 Å². The van der Waals surface area contributed by atoms with Crippen LogP contribution >= 0.6 is 11.3 Å². The van der Waals surface area contributed by atoms with Crippen molar-refractivity contribution in [2.24, 2.45) is 4.99 Å². The molecule has 0 radical (unpaired) electrons. The van der Waals surface area contributed by atoms with Crippen molar-refractivity contribution in [2.45, 2.75) is 39.5 Å². The second kappa shape index (κ2) is 11.6. The van der Waals surface area contributed by atoms with Crippen molar-refractivity contribution in [3.8, 4) is 11.5 Å². The zero-order valence-electron chi connectivity index (χ0n) is 18.1. The van der Waals surface area contributed by atoms with E-state index in [0.717, 1.165) is 34.7 Å².